The Bertz CT molecular complexity index is 1540. The van der Waals surface area contributed by atoms with E-state index in [0.29, 0.717) is 0 Å². The van der Waals surface area contributed by atoms with Crippen LogP contribution in [0, 0.1) is 0 Å². The van der Waals surface area contributed by atoms with Crippen LogP contribution in [-0.2, 0) is 0 Å². The van der Waals surface area contributed by atoms with Gasteiger partial charge in [0.15, 0.2) is 0 Å². The molecule has 1 fully saturated rings. The second-order valence-corrected chi connectivity index (χ2v) is 11.0. The summed E-state index contributed by atoms with van der Waals surface area (Å²) < 4.78 is 0. The van der Waals surface area contributed by atoms with Crippen molar-refractivity contribution in [3.8, 4) is 33.4 Å². The minimum Gasteiger partial charge on any atom is -0.239 e. The highest BCUT2D eigenvalue weighted by Crippen LogP contribution is 2.41. The molecule has 0 saturated carbocycles. The summed E-state index contributed by atoms with van der Waals surface area (Å²) in [6.45, 7) is 0. The van der Waals surface area contributed by atoms with Gasteiger partial charge in [-0.3, -0.25) is 0 Å². The van der Waals surface area contributed by atoms with Gasteiger partial charge in [-0.05, 0) is 22.8 Å². The molecule has 0 aliphatic carbocycles. The molecule has 1 aliphatic heterocycles. The van der Waals surface area contributed by atoms with Crippen LogP contribution in [0.1, 0.15) is 0 Å². The fourth-order valence-electron chi connectivity index (χ4n) is 4.57. The van der Waals surface area contributed by atoms with Crippen molar-refractivity contribution >= 4 is 45.0 Å². The zero-order valence-corrected chi connectivity index (χ0v) is 22.5. The molecule has 184 valence electrons. The molecule has 0 N–H and O–H groups in total. The Morgan fingerprint density at radius 3 is 1.37 bits per heavy atom. The standard InChI is InChI=1S/C34H26N2S2/c1-4-13-25(14-5-1)28-19-10-11-22-31(28)35-33-34(38-24-23-37-33)36-32-29(26-15-6-2-7-16-26)20-12-21-30(32)27-17-8-3-9-18-27/h1-22H,23-24H2. The van der Waals surface area contributed by atoms with E-state index in [1.807, 2.05) is 6.07 Å². The first kappa shape index (κ1) is 24.5. The van der Waals surface area contributed by atoms with E-state index in [0.717, 1.165) is 60.8 Å². The molecule has 0 unspecified atom stereocenters. The van der Waals surface area contributed by atoms with Gasteiger partial charge in [-0.15, -0.1) is 23.5 Å². The Labute approximate surface area is 232 Å². The van der Waals surface area contributed by atoms with Gasteiger partial charge in [-0.2, -0.15) is 0 Å². The number of hydrogen-bond donors (Lipinski definition) is 0. The Hall–Kier alpha value is -3.86. The molecule has 0 spiro atoms. The molecular weight excluding hydrogens is 501 g/mol. The van der Waals surface area contributed by atoms with Crippen LogP contribution in [0.5, 0.6) is 0 Å². The lowest BCUT2D eigenvalue weighted by Gasteiger charge is -2.18. The molecule has 0 radical (unpaired) electrons. The third-order valence-corrected chi connectivity index (χ3v) is 8.69. The maximum absolute atomic E-state index is 5.38. The summed E-state index contributed by atoms with van der Waals surface area (Å²) in [5, 5.41) is 1.95. The van der Waals surface area contributed by atoms with Crippen LogP contribution in [0.15, 0.2) is 143 Å². The van der Waals surface area contributed by atoms with Gasteiger partial charge in [-0.25, -0.2) is 9.98 Å². The van der Waals surface area contributed by atoms with Crippen LogP contribution in [0.3, 0.4) is 0 Å². The highest BCUT2D eigenvalue weighted by atomic mass is 32.2. The average molecular weight is 527 g/mol. The molecule has 1 heterocycles. The third kappa shape index (κ3) is 5.38. The zero-order chi connectivity index (χ0) is 25.6. The lowest BCUT2D eigenvalue weighted by atomic mass is 9.96. The first-order valence-corrected chi connectivity index (χ1v) is 14.7. The minimum atomic E-state index is 0.969. The molecule has 1 aliphatic rings. The number of nitrogens with zero attached hydrogens (tertiary/aromatic N) is 2. The first-order chi connectivity index (χ1) is 18.9. The smallest absolute Gasteiger partial charge is 0.129 e. The Kier molecular flexibility index (Phi) is 7.52. The van der Waals surface area contributed by atoms with E-state index in [4.69, 9.17) is 9.98 Å². The molecule has 5 aromatic rings. The number of rotatable bonds is 5. The van der Waals surface area contributed by atoms with E-state index in [2.05, 4.69) is 127 Å². The molecule has 0 amide bonds. The van der Waals surface area contributed by atoms with Gasteiger partial charge in [0.05, 0.1) is 11.4 Å². The number of thioether (sulfide) groups is 2. The molecule has 0 bridgehead atoms. The van der Waals surface area contributed by atoms with Crippen molar-refractivity contribution in [2.45, 2.75) is 0 Å². The van der Waals surface area contributed by atoms with E-state index in [1.165, 1.54) is 5.56 Å². The molecule has 6 rings (SSSR count). The van der Waals surface area contributed by atoms with Gasteiger partial charge in [0.1, 0.15) is 10.1 Å². The van der Waals surface area contributed by atoms with Crippen molar-refractivity contribution in [3.05, 3.63) is 133 Å². The number of para-hydroxylation sites is 2. The van der Waals surface area contributed by atoms with Gasteiger partial charge in [0.25, 0.3) is 0 Å². The third-order valence-electron chi connectivity index (χ3n) is 6.37. The number of aliphatic imine (C=N–C) groups is 2. The summed E-state index contributed by atoms with van der Waals surface area (Å²) in [4.78, 5) is 10.6. The first-order valence-electron chi connectivity index (χ1n) is 12.7. The topological polar surface area (TPSA) is 24.7 Å². The van der Waals surface area contributed by atoms with Gasteiger partial charge >= 0.3 is 0 Å². The highest BCUT2D eigenvalue weighted by Gasteiger charge is 2.20. The maximum Gasteiger partial charge on any atom is 0.129 e. The minimum absolute atomic E-state index is 0.969. The summed E-state index contributed by atoms with van der Waals surface area (Å²) in [6.07, 6.45) is 0. The zero-order valence-electron chi connectivity index (χ0n) is 20.8. The van der Waals surface area contributed by atoms with Crippen molar-refractivity contribution < 1.29 is 0 Å². The summed E-state index contributed by atoms with van der Waals surface area (Å²) in [6, 6.07) is 46.4. The van der Waals surface area contributed by atoms with Crippen LogP contribution < -0.4 is 0 Å². The maximum atomic E-state index is 5.38. The van der Waals surface area contributed by atoms with E-state index in [-0.39, 0.29) is 0 Å². The van der Waals surface area contributed by atoms with Crippen molar-refractivity contribution in [3.63, 3.8) is 0 Å². The van der Waals surface area contributed by atoms with Gasteiger partial charge in [0, 0.05) is 28.2 Å². The van der Waals surface area contributed by atoms with Gasteiger partial charge in [0.2, 0.25) is 0 Å². The van der Waals surface area contributed by atoms with Crippen molar-refractivity contribution in [2.24, 2.45) is 9.98 Å². The monoisotopic (exact) mass is 526 g/mol. The molecule has 0 atom stereocenters. The van der Waals surface area contributed by atoms with Crippen molar-refractivity contribution in [2.75, 3.05) is 11.5 Å². The molecular formula is C34H26N2S2. The van der Waals surface area contributed by atoms with Crippen molar-refractivity contribution in [1.29, 1.82) is 0 Å². The Morgan fingerprint density at radius 2 is 0.816 bits per heavy atom. The number of benzene rings is 5. The van der Waals surface area contributed by atoms with Crippen LogP contribution >= 0.6 is 23.5 Å². The fourth-order valence-corrected chi connectivity index (χ4v) is 6.63. The average Bonchev–Trinajstić information content (AvgIpc) is 3.00. The molecule has 0 aromatic heterocycles. The molecule has 1 saturated heterocycles. The highest BCUT2D eigenvalue weighted by molar-refractivity contribution is 8.27. The Morgan fingerprint density at radius 1 is 0.395 bits per heavy atom. The quantitative estimate of drug-likeness (QED) is 0.228. The van der Waals surface area contributed by atoms with Crippen LogP contribution in [0.25, 0.3) is 33.4 Å². The van der Waals surface area contributed by atoms with E-state index in [9.17, 15) is 0 Å². The molecule has 2 nitrogen and oxygen atoms in total. The fraction of sp³-hybridized carbons (Fsp3) is 0.0588. The molecule has 5 aromatic carbocycles. The van der Waals surface area contributed by atoms with Crippen LogP contribution in [0.4, 0.5) is 11.4 Å². The SMILES string of the molecule is c1ccc(-c2ccccc2N=C2SCCSC2=Nc2c(-c3ccccc3)cccc2-c2ccccc2)cc1. The van der Waals surface area contributed by atoms with E-state index < -0.39 is 0 Å². The largest absolute Gasteiger partial charge is 0.239 e. The lowest BCUT2D eigenvalue weighted by molar-refractivity contribution is 1.49. The van der Waals surface area contributed by atoms with Gasteiger partial charge in [-0.1, -0.05) is 127 Å². The van der Waals surface area contributed by atoms with E-state index in [1.54, 1.807) is 23.5 Å². The lowest BCUT2D eigenvalue weighted by Crippen LogP contribution is -2.14. The Balaban J connectivity index is 1.51. The van der Waals surface area contributed by atoms with Crippen LogP contribution in [-0.4, -0.2) is 21.6 Å². The predicted octanol–water partition coefficient (Wildman–Crippen LogP) is 9.93. The molecule has 4 heteroatoms. The summed E-state index contributed by atoms with van der Waals surface area (Å²) in [7, 11) is 0. The van der Waals surface area contributed by atoms with Gasteiger partial charge < -0.3 is 0 Å². The second-order valence-electron chi connectivity index (χ2n) is 8.85. The number of hydrogen-bond acceptors (Lipinski definition) is 4. The summed E-state index contributed by atoms with van der Waals surface area (Å²) in [5.41, 5.74) is 8.82. The second kappa shape index (κ2) is 11.7. The normalized spacial score (nSPS) is 15.6. The van der Waals surface area contributed by atoms with Crippen LogP contribution in [0.2, 0.25) is 0 Å². The molecule has 38 heavy (non-hydrogen) atoms. The summed E-state index contributed by atoms with van der Waals surface area (Å²) in [5.74, 6) is 2.03. The van der Waals surface area contributed by atoms with E-state index >= 15 is 0 Å². The summed E-state index contributed by atoms with van der Waals surface area (Å²) >= 11 is 3.58. The predicted molar refractivity (Wildman–Crippen MR) is 168 cm³/mol. The van der Waals surface area contributed by atoms with Crippen molar-refractivity contribution in [1.82, 2.24) is 0 Å².